The van der Waals surface area contributed by atoms with Crippen molar-refractivity contribution in [3.05, 3.63) is 59.1 Å². The van der Waals surface area contributed by atoms with Crippen LogP contribution in [0, 0.1) is 6.07 Å². The Bertz CT molecular complexity index is 393. The quantitative estimate of drug-likeness (QED) is 0.699. The molecule has 0 unspecified atom stereocenters. The lowest BCUT2D eigenvalue weighted by atomic mass is 10.1. The number of hydrogen-bond donors (Lipinski definition) is 0. The van der Waals surface area contributed by atoms with E-state index < -0.39 is 0 Å². The fourth-order valence-electron chi connectivity index (χ4n) is 1.23. The third kappa shape index (κ3) is 1.99. The van der Waals surface area contributed by atoms with Gasteiger partial charge in [0.15, 0.2) is 0 Å². The zero-order chi connectivity index (χ0) is 9.10. The zero-order valence-electron chi connectivity index (χ0n) is 7.00. The minimum atomic E-state index is 1.10. The number of benzene rings is 2. The van der Waals surface area contributed by atoms with Crippen LogP contribution in [0.1, 0.15) is 0 Å². The van der Waals surface area contributed by atoms with Crippen LogP contribution in [-0.2, 0) is 0 Å². The van der Waals surface area contributed by atoms with Crippen LogP contribution in [0.3, 0.4) is 0 Å². The molecule has 0 amide bonds. The van der Waals surface area contributed by atoms with E-state index in [9.17, 15) is 0 Å². The minimum Gasteiger partial charge on any atom is -0.0616 e. The van der Waals surface area contributed by atoms with Crippen molar-refractivity contribution in [3.8, 4) is 11.1 Å². The molecular weight excluding hydrogens is 224 g/mol. The molecule has 0 bridgehead atoms. The molecule has 0 aliphatic carbocycles. The van der Waals surface area contributed by atoms with E-state index in [0.29, 0.717) is 0 Å². The van der Waals surface area contributed by atoms with Crippen molar-refractivity contribution in [2.45, 2.75) is 0 Å². The van der Waals surface area contributed by atoms with Gasteiger partial charge in [-0.3, -0.25) is 0 Å². The van der Waals surface area contributed by atoms with Gasteiger partial charge in [0, 0.05) is 4.47 Å². The molecule has 0 saturated carbocycles. The molecule has 0 spiro atoms. The van der Waals surface area contributed by atoms with Crippen LogP contribution in [0.4, 0.5) is 0 Å². The lowest BCUT2D eigenvalue weighted by Crippen LogP contribution is -1.76. The van der Waals surface area contributed by atoms with Crippen molar-refractivity contribution in [2.24, 2.45) is 0 Å². The van der Waals surface area contributed by atoms with E-state index >= 15 is 0 Å². The maximum atomic E-state index is 3.45. The van der Waals surface area contributed by atoms with Crippen LogP contribution in [0.5, 0.6) is 0 Å². The summed E-state index contributed by atoms with van der Waals surface area (Å²) in [4.78, 5) is 0. The Morgan fingerprint density at radius 3 is 2.62 bits per heavy atom. The van der Waals surface area contributed by atoms with Gasteiger partial charge in [0.25, 0.3) is 0 Å². The van der Waals surface area contributed by atoms with Crippen LogP contribution >= 0.6 is 15.9 Å². The molecule has 0 atom stereocenters. The monoisotopic (exact) mass is 231 g/mol. The molecule has 1 heteroatoms. The molecule has 2 aromatic carbocycles. The largest absolute Gasteiger partial charge is 0.0616 e. The normalized spacial score (nSPS) is 9.92. The number of rotatable bonds is 1. The fourth-order valence-corrected chi connectivity index (χ4v) is 1.63. The van der Waals surface area contributed by atoms with E-state index in [1.54, 1.807) is 0 Å². The third-order valence-electron chi connectivity index (χ3n) is 1.84. The molecule has 2 rings (SSSR count). The summed E-state index contributed by atoms with van der Waals surface area (Å²) < 4.78 is 1.10. The molecule has 13 heavy (non-hydrogen) atoms. The van der Waals surface area contributed by atoms with Crippen molar-refractivity contribution < 1.29 is 0 Å². The molecule has 2 aromatic rings. The highest BCUT2D eigenvalue weighted by atomic mass is 79.9. The van der Waals surface area contributed by atoms with Crippen molar-refractivity contribution in [1.29, 1.82) is 0 Å². The summed E-state index contributed by atoms with van der Waals surface area (Å²) in [6.45, 7) is 0. The molecule has 1 radical (unpaired) electrons. The van der Waals surface area contributed by atoms with E-state index in [1.807, 2.05) is 30.3 Å². The summed E-state index contributed by atoms with van der Waals surface area (Å²) in [5, 5.41) is 0. The van der Waals surface area contributed by atoms with Gasteiger partial charge < -0.3 is 0 Å². The first kappa shape index (κ1) is 8.52. The molecular formula is C12H8Br. The zero-order valence-corrected chi connectivity index (χ0v) is 8.58. The first-order valence-corrected chi connectivity index (χ1v) is 4.88. The highest BCUT2D eigenvalue weighted by molar-refractivity contribution is 9.10. The summed E-state index contributed by atoms with van der Waals surface area (Å²) >= 11 is 3.45. The van der Waals surface area contributed by atoms with E-state index in [1.165, 1.54) is 5.56 Å². The smallest absolute Gasteiger partial charge is 0.0181 e. The molecule has 0 N–H and O–H groups in total. The van der Waals surface area contributed by atoms with Crippen molar-refractivity contribution >= 4 is 15.9 Å². The van der Waals surface area contributed by atoms with E-state index in [4.69, 9.17) is 0 Å². The first-order chi connectivity index (χ1) is 6.36. The Hall–Kier alpha value is -1.08. The standard InChI is InChI=1S/C12H8Br/c13-12-8-4-7-11(9-12)10-5-2-1-3-6-10/h1-5,7-9H. The molecule has 0 heterocycles. The van der Waals surface area contributed by atoms with Crippen LogP contribution in [0.2, 0.25) is 0 Å². The highest BCUT2D eigenvalue weighted by Gasteiger charge is 1.95. The van der Waals surface area contributed by atoms with Gasteiger partial charge in [-0.05, 0) is 29.3 Å². The minimum absolute atomic E-state index is 1.10. The molecule has 0 nitrogen and oxygen atoms in total. The summed E-state index contributed by atoms with van der Waals surface area (Å²) in [5.74, 6) is 0. The van der Waals surface area contributed by atoms with Gasteiger partial charge in [0.1, 0.15) is 0 Å². The predicted octanol–water partition coefficient (Wildman–Crippen LogP) is 3.92. The van der Waals surface area contributed by atoms with Crippen LogP contribution in [-0.4, -0.2) is 0 Å². The Balaban J connectivity index is 2.48. The summed E-state index contributed by atoms with van der Waals surface area (Å²) in [7, 11) is 0. The number of hydrogen-bond acceptors (Lipinski definition) is 0. The molecule has 0 fully saturated rings. The maximum absolute atomic E-state index is 3.45. The maximum Gasteiger partial charge on any atom is 0.0181 e. The van der Waals surface area contributed by atoms with Crippen molar-refractivity contribution in [3.63, 3.8) is 0 Å². The van der Waals surface area contributed by atoms with Crippen LogP contribution in [0.15, 0.2) is 53.0 Å². The summed E-state index contributed by atoms with van der Waals surface area (Å²) in [5.41, 5.74) is 2.32. The Morgan fingerprint density at radius 2 is 1.92 bits per heavy atom. The average molecular weight is 232 g/mol. The Kier molecular flexibility index (Phi) is 2.46. The topological polar surface area (TPSA) is 0 Å². The van der Waals surface area contributed by atoms with Gasteiger partial charge in [0.05, 0.1) is 0 Å². The summed E-state index contributed by atoms with van der Waals surface area (Å²) in [6.07, 6.45) is 0. The second-order valence-electron chi connectivity index (χ2n) is 2.79. The molecule has 0 saturated heterocycles. The SMILES string of the molecule is Brc1cccc(-c2[c]cccc2)c1. The van der Waals surface area contributed by atoms with Gasteiger partial charge in [0.2, 0.25) is 0 Å². The van der Waals surface area contributed by atoms with Gasteiger partial charge in [-0.2, -0.15) is 0 Å². The average Bonchev–Trinajstić information content (AvgIpc) is 2.19. The lowest BCUT2D eigenvalue weighted by molar-refractivity contribution is 1.58. The molecule has 0 aliphatic rings. The number of halogens is 1. The Labute approximate surface area is 86.4 Å². The van der Waals surface area contributed by atoms with Gasteiger partial charge in [-0.25, -0.2) is 0 Å². The summed E-state index contributed by atoms with van der Waals surface area (Å²) in [6, 6.07) is 19.4. The highest BCUT2D eigenvalue weighted by Crippen LogP contribution is 2.21. The van der Waals surface area contributed by atoms with Crippen molar-refractivity contribution in [1.82, 2.24) is 0 Å². The second kappa shape index (κ2) is 3.75. The third-order valence-corrected chi connectivity index (χ3v) is 2.34. The fraction of sp³-hybridized carbons (Fsp3) is 0. The molecule has 63 valence electrons. The molecule has 0 aliphatic heterocycles. The first-order valence-electron chi connectivity index (χ1n) is 4.09. The van der Waals surface area contributed by atoms with Gasteiger partial charge in [-0.15, -0.1) is 0 Å². The van der Waals surface area contributed by atoms with Crippen LogP contribution in [0.25, 0.3) is 11.1 Å². The Morgan fingerprint density at radius 1 is 1.00 bits per heavy atom. The van der Waals surface area contributed by atoms with Crippen molar-refractivity contribution in [2.75, 3.05) is 0 Å². The van der Waals surface area contributed by atoms with Gasteiger partial charge >= 0.3 is 0 Å². The lowest BCUT2D eigenvalue weighted by Gasteiger charge is -2.00. The van der Waals surface area contributed by atoms with E-state index in [-0.39, 0.29) is 0 Å². The van der Waals surface area contributed by atoms with Gasteiger partial charge in [-0.1, -0.05) is 52.3 Å². The van der Waals surface area contributed by atoms with E-state index in [0.717, 1.165) is 10.0 Å². The second-order valence-corrected chi connectivity index (χ2v) is 3.70. The van der Waals surface area contributed by atoms with E-state index in [2.05, 4.69) is 40.2 Å². The predicted molar refractivity (Wildman–Crippen MR) is 58.4 cm³/mol. The molecule has 0 aromatic heterocycles. The van der Waals surface area contributed by atoms with Crippen LogP contribution < -0.4 is 0 Å².